The van der Waals surface area contributed by atoms with E-state index >= 15 is 0 Å². The number of aliphatic hydroxyl groups is 1. The van der Waals surface area contributed by atoms with Crippen molar-refractivity contribution < 1.29 is 14.6 Å². The molecule has 1 aliphatic rings. The monoisotopic (exact) mass is 299 g/mol. The Hall–Kier alpha value is -1.75. The van der Waals surface area contributed by atoms with Crippen LogP contribution in [0.25, 0.3) is 0 Å². The maximum atomic E-state index is 12.1. The maximum Gasteiger partial charge on any atom is 0.223 e. The summed E-state index contributed by atoms with van der Waals surface area (Å²) in [5.74, 6) is 0.931. The number of likely N-dealkylation sites (tertiary alicyclic amines) is 1. The Kier molecular flexibility index (Phi) is 6.07. The molecule has 1 aromatic carbocycles. The molecule has 2 unspecified atom stereocenters. The van der Waals surface area contributed by atoms with Crippen LogP contribution in [0, 0.1) is 0 Å². The summed E-state index contributed by atoms with van der Waals surface area (Å²) in [5, 5.41) is 9.73. The van der Waals surface area contributed by atoms with E-state index in [0.29, 0.717) is 25.7 Å². The number of rotatable bonds is 7. The van der Waals surface area contributed by atoms with Gasteiger partial charge in [-0.1, -0.05) is 30.6 Å². The Morgan fingerprint density at radius 2 is 2.36 bits per heavy atom. The van der Waals surface area contributed by atoms with Gasteiger partial charge in [-0.25, -0.2) is 0 Å². The molecule has 4 nitrogen and oxygen atoms in total. The topological polar surface area (TPSA) is 49.8 Å². The first-order valence-electron chi connectivity index (χ1n) is 7.63. The summed E-state index contributed by atoms with van der Waals surface area (Å²) in [6, 6.07) is 7.76. The molecule has 2 rings (SSSR count). The van der Waals surface area contributed by atoms with Crippen molar-refractivity contribution in [3.63, 3.8) is 0 Å². The van der Waals surface area contributed by atoms with Gasteiger partial charge in [-0.2, -0.15) is 0 Å². The second-order valence-electron chi connectivity index (χ2n) is 5.51. The van der Waals surface area contributed by atoms with Crippen LogP contribution in [0.3, 0.4) is 0 Å². The molecule has 0 aliphatic carbocycles. The summed E-state index contributed by atoms with van der Waals surface area (Å²) >= 11 is 0. The van der Waals surface area contributed by atoms with Gasteiger partial charge in [0.05, 0.1) is 27.1 Å². The highest BCUT2D eigenvalue weighted by Gasteiger charge is 2.29. The Labute approximate surface area is 133 Å². The zero-order valence-corrected chi connectivity index (χ0v) is 12.9. The number of hydrogen-bond donors (Lipinski definition) is 1. The van der Waals surface area contributed by atoms with Crippen molar-refractivity contribution in [3.05, 3.63) is 42.0 Å². The van der Waals surface area contributed by atoms with Crippen LogP contribution < -0.4 is 4.74 Å². The summed E-state index contributed by atoms with van der Waals surface area (Å²) in [6.07, 6.45) is 5.44. The fourth-order valence-corrected chi connectivity index (χ4v) is 2.65. The van der Waals surface area contributed by atoms with E-state index in [1.165, 1.54) is 0 Å². The number of carbonyl (C=O) groups excluding carboxylic acids is 1. The van der Waals surface area contributed by atoms with Gasteiger partial charge in [0, 0.05) is 13.0 Å². The Bertz CT molecular complexity index is 532. The molecule has 1 saturated heterocycles. The van der Waals surface area contributed by atoms with Crippen LogP contribution in [-0.4, -0.2) is 43.0 Å². The molecule has 1 heterocycles. The maximum absolute atomic E-state index is 12.1. The van der Waals surface area contributed by atoms with Crippen LogP contribution >= 0.6 is 0 Å². The summed E-state index contributed by atoms with van der Waals surface area (Å²) < 4.78 is 5.22. The predicted molar refractivity (Wildman–Crippen MR) is 86.9 cm³/mol. The fraction of sp³-hybridized carbons (Fsp3) is 0.471. The van der Waals surface area contributed by atoms with E-state index in [-0.39, 0.29) is 11.9 Å². The second kappa shape index (κ2) is 8.04. The first-order valence-corrected chi connectivity index (χ1v) is 7.63. The van der Waals surface area contributed by atoms with E-state index in [1.807, 2.05) is 35.2 Å². The van der Waals surface area contributed by atoms with Crippen LogP contribution in [0.2, 0.25) is 6.32 Å². The van der Waals surface area contributed by atoms with Crippen molar-refractivity contribution in [2.45, 2.75) is 44.3 Å². The first-order chi connectivity index (χ1) is 10.6. The van der Waals surface area contributed by atoms with Crippen LogP contribution in [0.5, 0.6) is 5.75 Å². The highest BCUT2D eigenvalue weighted by atomic mass is 16.5. The molecule has 22 heavy (non-hydrogen) atoms. The van der Waals surface area contributed by atoms with Gasteiger partial charge in [0.1, 0.15) is 5.75 Å². The van der Waals surface area contributed by atoms with E-state index in [2.05, 4.69) is 0 Å². The van der Waals surface area contributed by atoms with Crippen LogP contribution in [-0.2, 0) is 11.3 Å². The smallest absolute Gasteiger partial charge is 0.223 e. The Balaban J connectivity index is 2.04. The van der Waals surface area contributed by atoms with Gasteiger partial charge in [0.15, 0.2) is 0 Å². The molecule has 5 heteroatoms. The predicted octanol–water partition coefficient (Wildman–Crippen LogP) is 2.08. The molecule has 0 saturated carbocycles. The lowest BCUT2D eigenvalue weighted by molar-refractivity contribution is -0.129. The molecule has 1 fully saturated rings. The molecule has 2 radical (unpaired) electrons. The average Bonchev–Trinajstić information content (AvgIpc) is 2.86. The van der Waals surface area contributed by atoms with E-state index in [4.69, 9.17) is 12.6 Å². The molecule has 2 atom stereocenters. The largest absolute Gasteiger partial charge is 0.497 e. The molecule has 1 amide bonds. The lowest BCUT2D eigenvalue weighted by Crippen LogP contribution is -2.31. The molecular formula is C17H22BNO3. The number of nitrogens with zero attached hydrogens (tertiary/aromatic N) is 1. The standard InChI is InChI=1S/C17H22BNO3/c1-22-16-4-2-3-13(11-16)12-19-14(6-8-17(19)21)5-7-15(20)9-10-18/h2-5,7,11,14-15,20H,6,8-10,12H2,1H3. The van der Waals surface area contributed by atoms with Crippen molar-refractivity contribution in [3.8, 4) is 5.75 Å². The van der Waals surface area contributed by atoms with Gasteiger partial charge in [-0.3, -0.25) is 4.79 Å². The van der Waals surface area contributed by atoms with Gasteiger partial charge in [0.25, 0.3) is 0 Å². The van der Waals surface area contributed by atoms with E-state index < -0.39 is 6.10 Å². The fourth-order valence-electron chi connectivity index (χ4n) is 2.65. The zero-order chi connectivity index (χ0) is 15.9. The lowest BCUT2D eigenvalue weighted by atomic mass is 9.98. The van der Waals surface area contributed by atoms with E-state index in [9.17, 15) is 9.90 Å². The molecule has 116 valence electrons. The number of aliphatic hydroxyl groups excluding tert-OH is 1. The minimum atomic E-state index is -0.542. The third-order valence-corrected chi connectivity index (χ3v) is 3.88. The van der Waals surface area contributed by atoms with E-state index in [1.54, 1.807) is 13.2 Å². The van der Waals surface area contributed by atoms with Crippen LogP contribution in [0.4, 0.5) is 0 Å². The van der Waals surface area contributed by atoms with Gasteiger partial charge in [-0.15, -0.1) is 0 Å². The number of amides is 1. The van der Waals surface area contributed by atoms with Crippen molar-refractivity contribution in [1.82, 2.24) is 4.90 Å². The molecule has 1 aliphatic heterocycles. The van der Waals surface area contributed by atoms with Gasteiger partial charge >= 0.3 is 0 Å². The molecule has 1 aromatic rings. The normalized spacial score (nSPS) is 19.8. The highest BCUT2D eigenvalue weighted by Crippen LogP contribution is 2.24. The van der Waals surface area contributed by atoms with Crippen LogP contribution in [0.15, 0.2) is 36.4 Å². The SMILES string of the molecule is [B]CCC(O)C=CC1CCC(=O)N1Cc1cccc(OC)c1. The van der Waals surface area contributed by atoms with Crippen molar-refractivity contribution in [1.29, 1.82) is 0 Å². The third kappa shape index (κ3) is 4.37. The number of methoxy groups -OCH3 is 1. The highest BCUT2D eigenvalue weighted by molar-refractivity contribution is 6.08. The summed E-state index contributed by atoms with van der Waals surface area (Å²) in [5.41, 5.74) is 1.04. The number of ether oxygens (including phenoxy) is 1. The third-order valence-electron chi connectivity index (χ3n) is 3.88. The minimum Gasteiger partial charge on any atom is -0.497 e. The number of hydrogen-bond acceptors (Lipinski definition) is 3. The van der Waals surface area contributed by atoms with Gasteiger partial charge in [0.2, 0.25) is 5.91 Å². The molecule has 1 N–H and O–H groups in total. The number of benzene rings is 1. The second-order valence-corrected chi connectivity index (χ2v) is 5.51. The molecule has 0 spiro atoms. The summed E-state index contributed by atoms with van der Waals surface area (Å²) in [7, 11) is 7.05. The molecule has 0 bridgehead atoms. The van der Waals surface area contributed by atoms with Gasteiger partial charge in [-0.05, 0) is 30.5 Å². The number of carbonyl (C=O) groups is 1. The van der Waals surface area contributed by atoms with Gasteiger partial charge < -0.3 is 14.7 Å². The first kappa shape index (κ1) is 16.6. The molecule has 0 aromatic heterocycles. The quantitative estimate of drug-likeness (QED) is 0.619. The summed E-state index contributed by atoms with van der Waals surface area (Å²) in [6.45, 7) is 0.554. The minimum absolute atomic E-state index is 0.0334. The Morgan fingerprint density at radius 1 is 1.55 bits per heavy atom. The van der Waals surface area contributed by atoms with Crippen molar-refractivity contribution in [2.24, 2.45) is 0 Å². The average molecular weight is 299 g/mol. The zero-order valence-electron chi connectivity index (χ0n) is 12.9. The Morgan fingerprint density at radius 3 is 3.09 bits per heavy atom. The van der Waals surface area contributed by atoms with Crippen molar-refractivity contribution in [2.75, 3.05) is 7.11 Å². The lowest BCUT2D eigenvalue weighted by Gasteiger charge is -2.23. The van der Waals surface area contributed by atoms with E-state index in [0.717, 1.165) is 17.7 Å². The van der Waals surface area contributed by atoms with Crippen LogP contribution in [0.1, 0.15) is 24.8 Å². The molecular weight excluding hydrogens is 277 g/mol. The van der Waals surface area contributed by atoms with Crippen molar-refractivity contribution >= 4 is 13.8 Å². The summed E-state index contributed by atoms with van der Waals surface area (Å²) in [4.78, 5) is 13.9.